The molecule has 0 bridgehead atoms. The van der Waals surface area contributed by atoms with E-state index in [0.29, 0.717) is 12.8 Å². The molecule has 0 rings (SSSR count). The molecule has 7 nitrogen and oxygen atoms in total. The van der Waals surface area contributed by atoms with Crippen LogP contribution < -0.4 is 9.44 Å². The first kappa shape index (κ1) is 14.1. The maximum Gasteiger partial charge on any atom is 0.421 e. The van der Waals surface area contributed by atoms with Crippen molar-refractivity contribution in [1.29, 1.82) is 0 Å². The number of ether oxygens (including phenoxy) is 1. The summed E-state index contributed by atoms with van der Waals surface area (Å²) in [5.74, 6) is 0. The second kappa shape index (κ2) is 7.43. The lowest BCUT2D eigenvalue weighted by atomic mass is 10.3. The monoisotopic (exact) mass is 240 g/mol. The van der Waals surface area contributed by atoms with E-state index >= 15 is 0 Å². The van der Waals surface area contributed by atoms with Gasteiger partial charge in [-0.3, -0.25) is 0 Å². The van der Waals surface area contributed by atoms with E-state index in [4.69, 9.17) is 5.11 Å². The normalized spacial score (nSPS) is 11.1. The van der Waals surface area contributed by atoms with Gasteiger partial charge < -0.3 is 9.84 Å². The largest absolute Gasteiger partial charge is 0.449 e. The van der Waals surface area contributed by atoms with Gasteiger partial charge in [0.1, 0.15) is 0 Å². The Kier molecular flexibility index (Phi) is 7.01. The Labute approximate surface area is 89.0 Å². The van der Waals surface area contributed by atoms with E-state index in [-0.39, 0.29) is 19.8 Å². The molecule has 0 heterocycles. The number of aliphatic hydroxyl groups is 1. The number of carbonyl (C=O) groups is 1. The SMILES string of the molecule is CCOC(=O)NS(=O)(=O)NCCCCO. The molecule has 3 N–H and O–H groups in total. The quantitative estimate of drug-likeness (QED) is 0.512. The van der Waals surface area contributed by atoms with Gasteiger partial charge in [0.15, 0.2) is 0 Å². The third kappa shape index (κ3) is 8.16. The van der Waals surface area contributed by atoms with Crippen molar-refractivity contribution >= 4 is 16.3 Å². The van der Waals surface area contributed by atoms with Crippen LogP contribution in [-0.2, 0) is 14.9 Å². The Hall–Kier alpha value is -0.860. The Morgan fingerprint density at radius 3 is 2.60 bits per heavy atom. The Bertz CT molecular complexity index is 277. The number of hydrogen-bond donors (Lipinski definition) is 3. The van der Waals surface area contributed by atoms with Crippen LogP contribution in [0.15, 0.2) is 0 Å². The fraction of sp³-hybridized carbons (Fsp3) is 0.857. The van der Waals surface area contributed by atoms with E-state index in [1.54, 1.807) is 11.6 Å². The lowest BCUT2D eigenvalue weighted by molar-refractivity contribution is 0.158. The molecule has 0 atom stereocenters. The van der Waals surface area contributed by atoms with Crippen LogP contribution in [-0.4, -0.2) is 39.4 Å². The van der Waals surface area contributed by atoms with Crippen molar-refractivity contribution in [3.8, 4) is 0 Å². The van der Waals surface area contributed by atoms with Gasteiger partial charge >= 0.3 is 16.3 Å². The topological polar surface area (TPSA) is 105 Å². The zero-order chi connectivity index (χ0) is 11.7. The molecular weight excluding hydrogens is 224 g/mol. The average Bonchev–Trinajstić information content (AvgIpc) is 2.12. The van der Waals surface area contributed by atoms with Gasteiger partial charge in [-0.2, -0.15) is 13.1 Å². The second-order valence-electron chi connectivity index (χ2n) is 2.65. The highest BCUT2D eigenvalue weighted by Gasteiger charge is 2.13. The summed E-state index contributed by atoms with van der Waals surface area (Å²) in [6.07, 6.45) is -0.00512. The first-order chi connectivity index (χ1) is 7.02. The van der Waals surface area contributed by atoms with Gasteiger partial charge in [-0.05, 0) is 19.8 Å². The molecule has 0 unspecified atom stereocenters. The molecule has 0 aromatic carbocycles. The third-order valence-electron chi connectivity index (χ3n) is 1.37. The van der Waals surface area contributed by atoms with Gasteiger partial charge in [0.25, 0.3) is 0 Å². The highest BCUT2D eigenvalue weighted by Crippen LogP contribution is 1.87. The van der Waals surface area contributed by atoms with Crippen molar-refractivity contribution in [3.63, 3.8) is 0 Å². The van der Waals surface area contributed by atoms with E-state index in [2.05, 4.69) is 9.46 Å². The second-order valence-corrected chi connectivity index (χ2v) is 4.15. The Balaban J connectivity index is 3.82. The summed E-state index contributed by atoms with van der Waals surface area (Å²) < 4.78 is 30.4. The zero-order valence-corrected chi connectivity index (χ0v) is 9.34. The van der Waals surface area contributed by atoms with Crippen LogP contribution in [0, 0.1) is 0 Å². The van der Waals surface area contributed by atoms with Crippen LogP contribution >= 0.6 is 0 Å². The van der Waals surface area contributed by atoms with Gasteiger partial charge in [-0.15, -0.1) is 0 Å². The Morgan fingerprint density at radius 1 is 1.40 bits per heavy atom. The van der Waals surface area contributed by atoms with Crippen molar-refractivity contribution in [3.05, 3.63) is 0 Å². The molecule has 0 fully saturated rings. The molecule has 15 heavy (non-hydrogen) atoms. The van der Waals surface area contributed by atoms with Crippen molar-refractivity contribution in [2.75, 3.05) is 19.8 Å². The van der Waals surface area contributed by atoms with Crippen LogP contribution in [0.4, 0.5) is 4.79 Å². The summed E-state index contributed by atoms with van der Waals surface area (Å²) >= 11 is 0. The molecule has 0 spiro atoms. The first-order valence-corrected chi connectivity index (χ1v) is 6.05. The summed E-state index contributed by atoms with van der Waals surface area (Å²) in [4.78, 5) is 10.8. The fourth-order valence-corrected chi connectivity index (χ4v) is 1.51. The number of amides is 1. The van der Waals surface area contributed by atoms with E-state index in [1.807, 2.05) is 0 Å². The molecule has 0 saturated carbocycles. The lowest BCUT2D eigenvalue weighted by Crippen LogP contribution is -2.40. The standard InChI is InChI=1S/C7H16N2O5S/c1-2-14-7(11)9-15(12,13)8-5-3-4-6-10/h8,10H,2-6H2,1H3,(H,9,11). The minimum absolute atomic E-state index is 0.00698. The van der Waals surface area contributed by atoms with Crippen LogP contribution in [0.1, 0.15) is 19.8 Å². The number of nitrogens with one attached hydrogen (secondary N) is 2. The highest BCUT2D eigenvalue weighted by atomic mass is 32.2. The Morgan fingerprint density at radius 2 is 2.07 bits per heavy atom. The summed E-state index contributed by atoms with van der Waals surface area (Å²) in [5.41, 5.74) is 0. The predicted octanol–water partition coefficient (Wildman–Crippen LogP) is -0.661. The van der Waals surface area contributed by atoms with E-state index < -0.39 is 16.3 Å². The molecule has 0 aromatic heterocycles. The van der Waals surface area contributed by atoms with Crippen molar-refractivity contribution in [2.45, 2.75) is 19.8 Å². The number of carbonyl (C=O) groups excluding carboxylic acids is 1. The van der Waals surface area contributed by atoms with E-state index in [1.165, 1.54) is 0 Å². The molecule has 0 aliphatic heterocycles. The summed E-state index contributed by atoms with van der Waals surface area (Å²) in [6.45, 7) is 1.84. The zero-order valence-electron chi connectivity index (χ0n) is 8.52. The molecule has 90 valence electrons. The van der Waals surface area contributed by atoms with Gasteiger partial charge in [-0.25, -0.2) is 9.52 Å². The molecule has 0 aliphatic carbocycles. The predicted molar refractivity (Wildman–Crippen MR) is 53.4 cm³/mol. The van der Waals surface area contributed by atoms with Gasteiger partial charge in [0.2, 0.25) is 0 Å². The molecule has 8 heteroatoms. The van der Waals surface area contributed by atoms with Crippen molar-refractivity contribution in [1.82, 2.24) is 9.44 Å². The van der Waals surface area contributed by atoms with Crippen LogP contribution in [0.5, 0.6) is 0 Å². The van der Waals surface area contributed by atoms with Crippen LogP contribution in [0.2, 0.25) is 0 Å². The molecule has 0 saturated heterocycles. The van der Waals surface area contributed by atoms with E-state index in [9.17, 15) is 13.2 Å². The number of aliphatic hydroxyl groups excluding tert-OH is 1. The molecular formula is C7H16N2O5S. The highest BCUT2D eigenvalue weighted by molar-refractivity contribution is 7.88. The molecule has 0 aliphatic rings. The van der Waals surface area contributed by atoms with Gasteiger partial charge in [0, 0.05) is 13.2 Å². The van der Waals surface area contributed by atoms with Crippen LogP contribution in [0.25, 0.3) is 0 Å². The minimum Gasteiger partial charge on any atom is -0.449 e. The van der Waals surface area contributed by atoms with Crippen molar-refractivity contribution in [2.24, 2.45) is 0 Å². The molecule has 0 radical (unpaired) electrons. The lowest BCUT2D eigenvalue weighted by Gasteiger charge is -2.07. The smallest absolute Gasteiger partial charge is 0.421 e. The number of hydrogen-bond acceptors (Lipinski definition) is 5. The minimum atomic E-state index is -3.84. The summed E-state index contributed by atoms with van der Waals surface area (Å²) in [6, 6.07) is 0. The van der Waals surface area contributed by atoms with E-state index in [0.717, 1.165) is 0 Å². The maximum atomic E-state index is 11.1. The third-order valence-corrected chi connectivity index (χ3v) is 2.39. The molecule has 1 amide bonds. The van der Waals surface area contributed by atoms with Gasteiger partial charge in [0.05, 0.1) is 6.61 Å². The number of unbranched alkanes of at least 4 members (excludes halogenated alkanes) is 1. The number of rotatable bonds is 7. The fourth-order valence-electron chi connectivity index (χ4n) is 0.750. The van der Waals surface area contributed by atoms with Crippen LogP contribution in [0.3, 0.4) is 0 Å². The first-order valence-electron chi connectivity index (χ1n) is 4.57. The van der Waals surface area contributed by atoms with Gasteiger partial charge in [-0.1, -0.05) is 0 Å². The maximum absolute atomic E-state index is 11.1. The molecule has 0 aromatic rings. The summed E-state index contributed by atoms with van der Waals surface area (Å²) in [5, 5.41) is 8.44. The average molecular weight is 240 g/mol. The summed E-state index contributed by atoms with van der Waals surface area (Å²) in [7, 11) is -3.84. The van der Waals surface area contributed by atoms with Crippen molar-refractivity contribution < 1.29 is 23.1 Å².